The van der Waals surface area contributed by atoms with Gasteiger partial charge >= 0.3 is 0 Å². The molecule has 1 saturated heterocycles. The maximum atomic E-state index is 12.4. The molecule has 0 aromatic heterocycles. The van der Waals surface area contributed by atoms with E-state index < -0.39 is 4.92 Å². The van der Waals surface area contributed by atoms with Crippen molar-refractivity contribution in [3.8, 4) is 0 Å². The largest absolute Gasteiger partial charge is 0.348 e. The zero-order valence-electron chi connectivity index (χ0n) is 14.3. The number of nitrogens with one attached hydrogen (secondary N) is 1. The highest BCUT2D eigenvalue weighted by atomic mass is 35.5. The van der Waals surface area contributed by atoms with Crippen LogP contribution in [0.5, 0.6) is 0 Å². The molecule has 1 N–H and O–H groups in total. The molecule has 1 aliphatic rings. The first kappa shape index (κ1) is 18.4. The van der Waals surface area contributed by atoms with Crippen molar-refractivity contribution >= 4 is 23.2 Å². The van der Waals surface area contributed by atoms with Gasteiger partial charge in [0.05, 0.1) is 4.92 Å². The van der Waals surface area contributed by atoms with E-state index in [9.17, 15) is 14.9 Å². The van der Waals surface area contributed by atoms with Crippen LogP contribution in [0.4, 0.5) is 5.69 Å². The number of nitro groups is 1. The predicted molar refractivity (Wildman–Crippen MR) is 100 cm³/mol. The molecule has 1 fully saturated rings. The van der Waals surface area contributed by atoms with Gasteiger partial charge < -0.3 is 5.32 Å². The van der Waals surface area contributed by atoms with Crippen molar-refractivity contribution in [3.05, 3.63) is 74.3 Å². The lowest BCUT2D eigenvalue weighted by Gasteiger charge is -2.17. The maximum absolute atomic E-state index is 12.4. The van der Waals surface area contributed by atoms with Crippen molar-refractivity contribution in [1.82, 2.24) is 10.2 Å². The molecular weight excluding hydrogens is 354 g/mol. The quantitative estimate of drug-likeness (QED) is 0.617. The van der Waals surface area contributed by atoms with Crippen LogP contribution < -0.4 is 5.32 Å². The van der Waals surface area contributed by atoms with Gasteiger partial charge in [0.15, 0.2) is 0 Å². The van der Waals surface area contributed by atoms with Crippen LogP contribution in [0.25, 0.3) is 0 Å². The number of halogens is 1. The fourth-order valence-electron chi connectivity index (χ4n) is 3.14. The number of amides is 1. The second kappa shape index (κ2) is 8.29. The van der Waals surface area contributed by atoms with Crippen LogP contribution in [0, 0.1) is 10.1 Å². The molecule has 0 unspecified atom stereocenters. The van der Waals surface area contributed by atoms with Gasteiger partial charge in [0.1, 0.15) is 5.02 Å². The van der Waals surface area contributed by atoms with Crippen LogP contribution in [-0.4, -0.2) is 28.8 Å². The van der Waals surface area contributed by atoms with Gasteiger partial charge in [-0.15, -0.1) is 0 Å². The standard InChI is InChI=1S/C19H20ClN3O3/c20-17-8-7-14(11-18(17)23(25)26)19(24)21-12-15-5-1-2-6-16(15)13-22-9-3-4-10-22/h1-2,5-8,11H,3-4,9-10,12-13H2,(H,21,24). The summed E-state index contributed by atoms with van der Waals surface area (Å²) in [6.45, 7) is 3.46. The summed E-state index contributed by atoms with van der Waals surface area (Å²) in [5.74, 6) is -0.360. The summed E-state index contributed by atoms with van der Waals surface area (Å²) >= 11 is 5.79. The second-order valence-corrected chi connectivity index (χ2v) is 6.77. The van der Waals surface area contributed by atoms with E-state index in [0.717, 1.165) is 25.2 Å². The second-order valence-electron chi connectivity index (χ2n) is 6.36. The van der Waals surface area contributed by atoms with Crippen LogP contribution in [0.1, 0.15) is 34.3 Å². The summed E-state index contributed by atoms with van der Waals surface area (Å²) in [6.07, 6.45) is 2.46. The summed E-state index contributed by atoms with van der Waals surface area (Å²) in [5, 5.41) is 13.8. The van der Waals surface area contributed by atoms with Crippen molar-refractivity contribution < 1.29 is 9.72 Å². The first-order valence-electron chi connectivity index (χ1n) is 8.56. The molecular formula is C19H20ClN3O3. The summed E-state index contributed by atoms with van der Waals surface area (Å²) < 4.78 is 0. The third-order valence-electron chi connectivity index (χ3n) is 4.56. The molecule has 136 valence electrons. The minimum absolute atomic E-state index is 0.0162. The topological polar surface area (TPSA) is 75.5 Å². The molecule has 0 atom stereocenters. The molecule has 0 spiro atoms. The normalized spacial score (nSPS) is 14.3. The Morgan fingerprint density at radius 1 is 1.15 bits per heavy atom. The Labute approximate surface area is 156 Å². The average Bonchev–Trinajstić information content (AvgIpc) is 3.14. The van der Waals surface area contributed by atoms with E-state index in [-0.39, 0.29) is 22.2 Å². The van der Waals surface area contributed by atoms with E-state index in [1.807, 2.05) is 18.2 Å². The Kier molecular flexibility index (Phi) is 5.85. The van der Waals surface area contributed by atoms with Gasteiger partial charge in [-0.2, -0.15) is 0 Å². The van der Waals surface area contributed by atoms with Gasteiger partial charge in [0.25, 0.3) is 11.6 Å². The average molecular weight is 374 g/mol. The van der Waals surface area contributed by atoms with Crippen molar-refractivity contribution in [3.63, 3.8) is 0 Å². The van der Waals surface area contributed by atoms with Gasteiger partial charge in [0, 0.05) is 24.7 Å². The maximum Gasteiger partial charge on any atom is 0.288 e. The van der Waals surface area contributed by atoms with Crippen LogP contribution in [0.15, 0.2) is 42.5 Å². The molecule has 26 heavy (non-hydrogen) atoms. The number of hydrogen-bond donors (Lipinski definition) is 1. The van der Waals surface area contributed by atoms with Crippen LogP contribution in [0.3, 0.4) is 0 Å². The highest BCUT2D eigenvalue weighted by molar-refractivity contribution is 6.32. The Morgan fingerprint density at radius 3 is 2.54 bits per heavy atom. The first-order valence-corrected chi connectivity index (χ1v) is 8.93. The molecule has 1 amide bonds. The summed E-state index contributed by atoms with van der Waals surface area (Å²) in [4.78, 5) is 25.2. The molecule has 1 aliphatic heterocycles. The third kappa shape index (κ3) is 4.39. The number of nitro benzene ring substituents is 1. The van der Waals surface area contributed by atoms with Crippen molar-refractivity contribution in [2.24, 2.45) is 0 Å². The van der Waals surface area contributed by atoms with E-state index in [4.69, 9.17) is 11.6 Å². The van der Waals surface area contributed by atoms with Crippen LogP contribution >= 0.6 is 11.6 Å². The van der Waals surface area contributed by atoms with E-state index in [0.29, 0.717) is 6.54 Å². The van der Waals surface area contributed by atoms with Crippen molar-refractivity contribution in [1.29, 1.82) is 0 Å². The zero-order valence-corrected chi connectivity index (χ0v) is 15.0. The van der Waals surface area contributed by atoms with Gasteiger partial charge in [-0.05, 0) is 49.2 Å². The smallest absolute Gasteiger partial charge is 0.288 e. The zero-order chi connectivity index (χ0) is 18.5. The van der Waals surface area contributed by atoms with Gasteiger partial charge in [-0.1, -0.05) is 35.9 Å². The van der Waals surface area contributed by atoms with Gasteiger partial charge in [0.2, 0.25) is 0 Å². The van der Waals surface area contributed by atoms with E-state index in [1.54, 1.807) is 0 Å². The number of carbonyl (C=O) groups is 1. The lowest BCUT2D eigenvalue weighted by Crippen LogP contribution is -2.25. The minimum atomic E-state index is -0.593. The molecule has 0 radical (unpaired) electrons. The van der Waals surface area contributed by atoms with Gasteiger partial charge in [-0.25, -0.2) is 0 Å². The van der Waals surface area contributed by atoms with E-state index in [2.05, 4.69) is 16.3 Å². The Balaban J connectivity index is 1.68. The Morgan fingerprint density at radius 2 is 1.85 bits per heavy atom. The first-order chi connectivity index (χ1) is 12.5. The number of rotatable bonds is 6. The molecule has 2 aromatic carbocycles. The van der Waals surface area contributed by atoms with Gasteiger partial charge in [-0.3, -0.25) is 19.8 Å². The molecule has 1 heterocycles. The van der Waals surface area contributed by atoms with E-state index in [1.165, 1.54) is 36.6 Å². The SMILES string of the molecule is O=C(NCc1ccccc1CN1CCCC1)c1ccc(Cl)c([N+](=O)[O-])c1. The lowest BCUT2D eigenvalue weighted by atomic mass is 10.1. The molecule has 7 heteroatoms. The summed E-state index contributed by atoms with van der Waals surface area (Å²) in [7, 11) is 0. The number of carbonyl (C=O) groups excluding carboxylic acids is 1. The molecule has 0 bridgehead atoms. The highest BCUT2D eigenvalue weighted by Gasteiger charge is 2.17. The molecule has 2 aromatic rings. The summed E-state index contributed by atoms with van der Waals surface area (Å²) in [6, 6.07) is 12.1. The van der Waals surface area contributed by atoms with Crippen molar-refractivity contribution in [2.45, 2.75) is 25.9 Å². The fraction of sp³-hybridized carbons (Fsp3) is 0.316. The van der Waals surface area contributed by atoms with E-state index >= 15 is 0 Å². The van der Waals surface area contributed by atoms with Crippen LogP contribution in [0.2, 0.25) is 5.02 Å². The molecule has 0 aliphatic carbocycles. The third-order valence-corrected chi connectivity index (χ3v) is 4.88. The molecule has 0 saturated carbocycles. The molecule has 6 nitrogen and oxygen atoms in total. The monoisotopic (exact) mass is 373 g/mol. The Bertz CT molecular complexity index is 819. The number of nitrogens with zero attached hydrogens (tertiary/aromatic N) is 2. The highest BCUT2D eigenvalue weighted by Crippen LogP contribution is 2.25. The van der Waals surface area contributed by atoms with Crippen LogP contribution in [-0.2, 0) is 13.1 Å². The number of likely N-dealkylation sites (tertiary alicyclic amines) is 1. The number of hydrogen-bond acceptors (Lipinski definition) is 4. The lowest BCUT2D eigenvalue weighted by molar-refractivity contribution is -0.384. The van der Waals surface area contributed by atoms with Crippen molar-refractivity contribution in [2.75, 3.05) is 13.1 Å². The molecule has 3 rings (SSSR count). The number of benzene rings is 2. The fourth-order valence-corrected chi connectivity index (χ4v) is 3.32. The minimum Gasteiger partial charge on any atom is -0.348 e. The predicted octanol–water partition coefficient (Wildman–Crippen LogP) is 3.77. The Hall–Kier alpha value is -2.44. The summed E-state index contributed by atoms with van der Waals surface area (Å²) in [5.41, 5.74) is 2.19.